The van der Waals surface area contributed by atoms with Gasteiger partial charge in [0.25, 0.3) is 0 Å². The van der Waals surface area contributed by atoms with Gasteiger partial charge < -0.3 is 14.9 Å². The summed E-state index contributed by atoms with van der Waals surface area (Å²) < 4.78 is 23.9. The van der Waals surface area contributed by atoms with Gasteiger partial charge in [-0.25, -0.2) is 13.2 Å². The van der Waals surface area contributed by atoms with Gasteiger partial charge in [0, 0.05) is 37.5 Å². The van der Waals surface area contributed by atoms with Crippen molar-refractivity contribution in [2.75, 3.05) is 35.4 Å². The number of carbonyl (C=O) groups excluding carboxylic acids is 1. The van der Waals surface area contributed by atoms with E-state index in [0.717, 1.165) is 28.5 Å². The van der Waals surface area contributed by atoms with Crippen molar-refractivity contribution in [1.29, 1.82) is 0 Å². The van der Waals surface area contributed by atoms with E-state index in [-0.39, 0.29) is 23.3 Å². The molecule has 38 heavy (non-hydrogen) atoms. The second-order valence-electron chi connectivity index (χ2n) is 9.76. The smallest absolute Gasteiger partial charge is 0.328 e. The molecule has 0 aliphatic carbocycles. The van der Waals surface area contributed by atoms with E-state index >= 15 is 0 Å². The summed E-state index contributed by atoms with van der Waals surface area (Å²) >= 11 is 0. The van der Waals surface area contributed by atoms with Gasteiger partial charge in [-0.1, -0.05) is 48.5 Å². The van der Waals surface area contributed by atoms with Crippen LogP contribution < -0.4 is 9.80 Å². The van der Waals surface area contributed by atoms with Crippen molar-refractivity contribution >= 4 is 39.2 Å². The first-order valence-electron chi connectivity index (χ1n) is 12.5. The van der Waals surface area contributed by atoms with Crippen LogP contribution in [0.1, 0.15) is 24.0 Å². The minimum Gasteiger partial charge on any atom is -0.478 e. The van der Waals surface area contributed by atoms with Crippen LogP contribution in [0, 0.1) is 5.92 Å². The lowest BCUT2D eigenvalue weighted by molar-refractivity contribution is -0.131. The number of aliphatic carboxylic acids is 1. The lowest BCUT2D eigenvalue weighted by Crippen LogP contribution is -2.39. The van der Waals surface area contributed by atoms with Crippen molar-refractivity contribution in [2.24, 2.45) is 5.92 Å². The van der Waals surface area contributed by atoms with Gasteiger partial charge in [-0.3, -0.25) is 4.79 Å². The molecule has 0 bridgehead atoms. The summed E-state index contributed by atoms with van der Waals surface area (Å²) in [6, 6.07) is 23.5. The molecule has 1 saturated heterocycles. The van der Waals surface area contributed by atoms with E-state index in [1.54, 1.807) is 23.1 Å². The van der Waals surface area contributed by atoms with Crippen LogP contribution in [-0.4, -0.2) is 51.0 Å². The summed E-state index contributed by atoms with van der Waals surface area (Å²) in [6.07, 6.45) is 3.15. The van der Waals surface area contributed by atoms with Crippen LogP contribution in [0.4, 0.5) is 11.4 Å². The van der Waals surface area contributed by atoms with Crippen LogP contribution in [0.2, 0.25) is 0 Å². The molecule has 3 aromatic carbocycles. The van der Waals surface area contributed by atoms with Gasteiger partial charge in [-0.05, 0) is 65.4 Å². The third-order valence-electron chi connectivity index (χ3n) is 6.78. The number of carboxylic acids is 1. The van der Waals surface area contributed by atoms with Crippen LogP contribution in [0.3, 0.4) is 0 Å². The first-order valence-corrected chi connectivity index (χ1v) is 14.3. The topological polar surface area (TPSA) is 95.0 Å². The molecule has 0 aromatic heterocycles. The number of hydrogen-bond donors (Lipinski definition) is 1. The summed E-state index contributed by atoms with van der Waals surface area (Å²) in [5, 5.41) is 8.99. The number of hydrogen-bond acceptors (Lipinski definition) is 5. The minimum absolute atomic E-state index is 0.0138. The molecule has 1 heterocycles. The molecule has 198 valence electrons. The molecule has 1 N–H and O–H groups in total. The molecule has 0 atom stereocenters. The van der Waals surface area contributed by atoms with Gasteiger partial charge in [-0.15, -0.1) is 0 Å². The number of benzene rings is 3. The molecule has 1 fully saturated rings. The van der Waals surface area contributed by atoms with Crippen LogP contribution in [0.5, 0.6) is 0 Å². The standard InChI is InChI=1S/C30H32N2O5S/c1-31(2)27-13-11-25(12-14-27)24-9-6-23(7-10-24)21-32(30(35)26-16-18-38(36,37)19-17-26)28-5-3-4-22(20-28)8-15-29(33)34/h3-15,20,26H,16-19,21H2,1-2H3,(H,33,34). The first kappa shape index (κ1) is 27.1. The van der Waals surface area contributed by atoms with E-state index in [0.29, 0.717) is 30.6 Å². The lowest BCUT2D eigenvalue weighted by atomic mass is 9.99. The molecule has 0 saturated carbocycles. The first-order chi connectivity index (χ1) is 18.1. The SMILES string of the molecule is CN(C)c1ccc(-c2ccc(CN(C(=O)C3CCS(=O)(=O)CC3)c3cccc(C=CC(=O)O)c3)cc2)cc1. The molecule has 0 radical (unpaired) electrons. The van der Waals surface area contributed by atoms with E-state index in [2.05, 4.69) is 24.3 Å². The van der Waals surface area contributed by atoms with Gasteiger partial charge in [0.15, 0.2) is 0 Å². The number of rotatable bonds is 8. The van der Waals surface area contributed by atoms with Gasteiger partial charge in [0.2, 0.25) is 5.91 Å². The number of carboxylic acid groups (broad SMARTS) is 1. The van der Waals surface area contributed by atoms with E-state index in [1.165, 1.54) is 6.08 Å². The fourth-order valence-electron chi connectivity index (χ4n) is 4.55. The van der Waals surface area contributed by atoms with Crippen molar-refractivity contribution in [3.63, 3.8) is 0 Å². The number of anilines is 2. The molecule has 3 aromatic rings. The summed E-state index contributed by atoms with van der Waals surface area (Å²) in [5.41, 5.74) is 5.51. The van der Waals surface area contributed by atoms with Gasteiger partial charge in [-0.2, -0.15) is 0 Å². The summed E-state index contributed by atoms with van der Waals surface area (Å²) in [6.45, 7) is 0.314. The summed E-state index contributed by atoms with van der Waals surface area (Å²) in [7, 11) is 0.905. The molecule has 1 aliphatic heterocycles. The van der Waals surface area contributed by atoms with Crippen LogP contribution in [-0.2, 0) is 26.0 Å². The fourth-order valence-corrected chi connectivity index (χ4v) is 6.05. The second kappa shape index (κ2) is 11.6. The molecule has 7 nitrogen and oxygen atoms in total. The highest BCUT2D eigenvalue weighted by Gasteiger charge is 2.32. The van der Waals surface area contributed by atoms with E-state index in [4.69, 9.17) is 5.11 Å². The molecule has 0 spiro atoms. The maximum Gasteiger partial charge on any atom is 0.328 e. The van der Waals surface area contributed by atoms with Crippen molar-refractivity contribution in [3.8, 4) is 11.1 Å². The van der Waals surface area contributed by atoms with Crippen molar-refractivity contribution in [2.45, 2.75) is 19.4 Å². The van der Waals surface area contributed by atoms with Crippen molar-refractivity contribution in [3.05, 3.63) is 90.0 Å². The Balaban J connectivity index is 1.60. The molecule has 1 aliphatic rings. The number of carbonyl (C=O) groups is 2. The maximum absolute atomic E-state index is 13.7. The molecule has 8 heteroatoms. The second-order valence-corrected chi connectivity index (χ2v) is 12.1. The fraction of sp³-hybridized carbons (Fsp3) is 0.267. The Bertz CT molecular complexity index is 1410. The molecule has 1 amide bonds. The van der Waals surface area contributed by atoms with Crippen molar-refractivity contribution < 1.29 is 23.1 Å². The Hall–Kier alpha value is -3.91. The van der Waals surface area contributed by atoms with Crippen molar-refractivity contribution in [1.82, 2.24) is 0 Å². The number of sulfone groups is 1. The summed E-state index contributed by atoms with van der Waals surface area (Å²) in [5.74, 6) is -1.53. The third-order valence-corrected chi connectivity index (χ3v) is 8.50. The predicted octanol–water partition coefficient (Wildman–Crippen LogP) is 4.88. The van der Waals surface area contributed by atoms with Gasteiger partial charge >= 0.3 is 5.97 Å². The zero-order valence-electron chi connectivity index (χ0n) is 21.6. The Labute approximate surface area is 223 Å². The van der Waals surface area contributed by atoms with Crippen LogP contribution in [0.25, 0.3) is 17.2 Å². The van der Waals surface area contributed by atoms with E-state index in [1.807, 2.05) is 49.3 Å². The molecule has 4 rings (SSSR count). The highest BCUT2D eigenvalue weighted by Crippen LogP contribution is 2.28. The van der Waals surface area contributed by atoms with Gasteiger partial charge in [0.1, 0.15) is 9.84 Å². The van der Waals surface area contributed by atoms with E-state index < -0.39 is 15.8 Å². The zero-order chi connectivity index (χ0) is 27.3. The Morgan fingerprint density at radius 2 is 1.50 bits per heavy atom. The number of amides is 1. The largest absolute Gasteiger partial charge is 0.478 e. The molecule has 0 unspecified atom stereocenters. The van der Waals surface area contributed by atoms with Crippen LogP contribution >= 0.6 is 0 Å². The Kier molecular flexibility index (Phi) is 8.32. The zero-order valence-corrected chi connectivity index (χ0v) is 22.4. The predicted molar refractivity (Wildman–Crippen MR) is 152 cm³/mol. The van der Waals surface area contributed by atoms with E-state index in [9.17, 15) is 18.0 Å². The number of nitrogens with zero attached hydrogens (tertiary/aromatic N) is 2. The summed E-state index contributed by atoms with van der Waals surface area (Å²) in [4.78, 5) is 28.4. The third kappa shape index (κ3) is 6.89. The van der Waals surface area contributed by atoms with Crippen LogP contribution in [0.15, 0.2) is 78.9 Å². The Morgan fingerprint density at radius 1 is 0.895 bits per heavy atom. The molecular weight excluding hydrogens is 500 g/mol. The highest BCUT2D eigenvalue weighted by molar-refractivity contribution is 7.91. The monoisotopic (exact) mass is 532 g/mol. The van der Waals surface area contributed by atoms with Gasteiger partial charge in [0.05, 0.1) is 18.1 Å². The average Bonchev–Trinajstić information content (AvgIpc) is 2.91. The minimum atomic E-state index is -3.10. The lowest BCUT2D eigenvalue weighted by Gasteiger charge is -2.30. The Morgan fingerprint density at radius 3 is 2.08 bits per heavy atom. The normalized spacial score (nSPS) is 15.3. The molecular formula is C30H32N2O5S. The highest BCUT2D eigenvalue weighted by atomic mass is 32.2. The quantitative estimate of drug-likeness (QED) is 0.416. The maximum atomic E-state index is 13.7. The average molecular weight is 533 g/mol.